The van der Waals surface area contributed by atoms with E-state index in [9.17, 15) is 4.79 Å². The van der Waals surface area contributed by atoms with Gasteiger partial charge in [0.2, 0.25) is 0 Å². The van der Waals surface area contributed by atoms with Crippen molar-refractivity contribution < 1.29 is 42.6 Å². The Morgan fingerprint density at radius 1 is 1.06 bits per heavy atom. The van der Waals surface area contributed by atoms with Crippen LogP contribution >= 0.6 is 0 Å². The number of carboxylic acid groups (broad SMARTS) is 1. The molecule has 0 unspecified atom stereocenters. The van der Waals surface area contributed by atoms with Crippen LogP contribution < -0.4 is 0 Å². The SMILES string of the molecule is CC.CC.O=C(O)Cc1ccccc1.[CH3-].[Y]. The molecular weight excluding hydrogens is 277 g/mol. The Hall–Kier alpha value is -0.206. The molecule has 91 valence electrons. The molecule has 16 heavy (non-hydrogen) atoms. The first-order valence-electron chi connectivity index (χ1n) is 5.05. The molecule has 0 spiro atoms. The summed E-state index contributed by atoms with van der Waals surface area (Å²) >= 11 is 0. The second kappa shape index (κ2) is 20.2. The molecule has 0 saturated heterocycles. The maximum Gasteiger partial charge on any atom is 0.307 e. The van der Waals surface area contributed by atoms with E-state index in [1.807, 2.05) is 45.9 Å². The molecule has 0 aliphatic rings. The molecule has 1 aromatic rings. The van der Waals surface area contributed by atoms with Crippen LogP contribution in [0.5, 0.6) is 0 Å². The van der Waals surface area contributed by atoms with E-state index in [2.05, 4.69) is 0 Å². The van der Waals surface area contributed by atoms with Crippen molar-refractivity contribution >= 4 is 5.97 Å². The Balaban J connectivity index is -0.000000109. The van der Waals surface area contributed by atoms with Crippen LogP contribution in [0.15, 0.2) is 30.3 Å². The fourth-order valence-electron chi connectivity index (χ4n) is 0.770. The molecule has 1 radical (unpaired) electrons. The largest absolute Gasteiger partial charge is 0.481 e. The van der Waals surface area contributed by atoms with Gasteiger partial charge in [-0.2, -0.15) is 0 Å². The van der Waals surface area contributed by atoms with Crippen LogP contribution in [0.2, 0.25) is 0 Å². The van der Waals surface area contributed by atoms with Gasteiger partial charge in [-0.15, -0.1) is 0 Å². The van der Waals surface area contributed by atoms with Crippen molar-refractivity contribution in [3.63, 3.8) is 0 Å². The third kappa shape index (κ3) is 16.2. The number of aliphatic carboxylic acids is 1. The Labute approximate surface area is 125 Å². The molecular formula is C13H23O2Y-. The fourth-order valence-corrected chi connectivity index (χ4v) is 0.770. The van der Waals surface area contributed by atoms with Gasteiger partial charge < -0.3 is 12.5 Å². The summed E-state index contributed by atoms with van der Waals surface area (Å²) in [6.45, 7) is 8.00. The van der Waals surface area contributed by atoms with Crippen LogP contribution in [-0.2, 0) is 43.9 Å². The van der Waals surface area contributed by atoms with Gasteiger partial charge in [-0.05, 0) is 5.56 Å². The number of carboxylic acids is 1. The van der Waals surface area contributed by atoms with Gasteiger partial charge in [-0.1, -0.05) is 58.0 Å². The van der Waals surface area contributed by atoms with E-state index in [1.54, 1.807) is 12.1 Å². The molecule has 0 fully saturated rings. The predicted molar refractivity (Wildman–Crippen MR) is 66.9 cm³/mol. The van der Waals surface area contributed by atoms with Crippen molar-refractivity contribution in [1.82, 2.24) is 0 Å². The minimum Gasteiger partial charge on any atom is -0.481 e. The van der Waals surface area contributed by atoms with Gasteiger partial charge in [0.1, 0.15) is 0 Å². The minimum atomic E-state index is -0.786. The molecule has 1 aromatic carbocycles. The van der Waals surface area contributed by atoms with Crippen LogP contribution in [0, 0.1) is 7.43 Å². The van der Waals surface area contributed by atoms with Crippen molar-refractivity contribution in [3.05, 3.63) is 43.3 Å². The van der Waals surface area contributed by atoms with E-state index in [0.29, 0.717) is 0 Å². The van der Waals surface area contributed by atoms with Crippen molar-refractivity contribution in [3.8, 4) is 0 Å². The van der Waals surface area contributed by atoms with Crippen LogP contribution in [0.3, 0.4) is 0 Å². The number of hydrogen-bond donors (Lipinski definition) is 1. The number of carbonyl (C=O) groups is 1. The van der Waals surface area contributed by atoms with Crippen molar-refractivity contribution in [2.75, 3.05) is 0 Å². The molecule has 0 aromatic heterocycles. The monoisotopic (exact) mass is 300 g/mol. The van der Waals surface area contributed by atoms with Gasteiger partial charge in [0, 0.05) is 32.7 Å². The molecule has 0 aliphatic carbocycles. The summed E-state index contributed by atoms with van der Waals surface area (Å²) in [7, 11) is 0. The normalized spacial score (nSPS) is 6.50. The second-order valence-corrected chi connectivity index (χ2v) is 2.06. The van der Waals surface area contributed by atoms with E-state index in [-0.39, 0.29) is 46.6 Å². The van der Waals surface area contributed by atoms with Gasteiger partial charge in [-0.25, -0.2) is 0 Å². The average molecular weight is 300 g/mol. The summed E-state index contributed by atoms with van der Waals surface area (Å²) in [5.74, 6) is -0.786. The summed E-state index contributed by atoms with van der Waals surface area (Å²) < 4.78 is 0. The molecule has 0 bridgehead atoms. The average Bonchev–Trinajstić information content (AvgIpc) is 2.24. The molecule has 1 rings (SSSR count). The summed E-state index contributed by atoms with van der Waals surface area (Å²) in [5, 5.41) is 8.37. The maximum absolute atomic E-state index is 10.2. The molecule has 0 atom stereocenters. The minimum absolute atomic E-state index is 0. The third-order valence-electron chi connectivity index (χ3n) is 1.20. The van der Waals surface area contributed by atoms with Crippen molar-refractivity contribution in [2.45, 2.75) is 34.1 Å². The first-order chi connectivity index (χ1) is 6.79. The number of hydrogen-bond acceptors (Lipinski definition) is 1. The quantitative estimate of drug-likeness (QED) is 0.843. The van der Waals surface area contributed by atoms with E-state index >= 15 is 0 Å². The summed E-state index contributed by atoms with van der Waals surface area (Å²) in [6.07, 6.45) is 0.112. The first-order valence-corrected chi connectivity index (χ1v) is 5.05. The maximum atomic E-state index is 10.2. The smallest absolute Gasteiger partial charge is 0.307 e. The first kappa shape index (κ1) is 24.9. The van der Waals surface area contributed by atoms with Gasteiger partial charge >= 0.3 is 5.97 Å². The Morgan fingerprint density at radius 3 is 1.75 bits per heavy atom. The van der Waals surface area contributed by atoms with Gasteiger partial charge in [-0.3, -0.25) is 4.79 Å². The topological polar surface area (TPSA) is 37.3 Å². The summed E-state index contributed by atoms with van der Waals surface area (Å²) in [4.78, 5) is 10.2. The van der Waals surface area contributed by atoms with Crippen molar-refractivity contribution in [1.29, 1.82) is 0 Å². The summed E-state index contributed by atoms with van der Waals surface area (Å²) in [6, 6.07) is 9.13. The third-order valence-corrected chi connectivity index (χ3v) is 1.20. The van der Waals surface area contributed by atoms with E-state index in [0.717, 1.165) is 5.56 Å². The second-order valence-electron chi connectivity index (χ2n) is 2.06. The Morgan fingerprint density at radius 2 is 1.44 bits per heavy atom. The Bertz CT molecular complexity index is 223. The van der Waals surface area contributed by atoms with Crippen LogP contribution in [0.4, 0.5) is 0 Å². The van der Waals surface area contributed by atoms with Gasteiger partial charge in [0.25, 0.3) is 0 Å². The molecule has 0 saturated carbocycles. The van der Waals surface area contributed by atoms with Crippen molar-refractivity contribution in [2.24, 2.45) is 0 Å². The predicted octanol–water partition coefficient (Wildman–Crippen LogP) is 3.81. The zero-order valence-corrected chi connectivity index (χ0v) is 13.9. The standard InChI is InChI=1S/C8H8O2.2C2H6.CH3.Y/c9-8(10)6-7-4-2-1-3-5-7;2*1-2;;/h1-5H,6H2,(H,9,10);2*1-2H3;1H3;/q;;;-1;. The van der Waals surface area contributed by atoms with Crippen LogP contribution in [0.25, 0.3) is 0 Å². The molecule has 3 heteroatoms. The zero-order valence-electron chi connectivity index (χ0n) is 11.0. The molecule has 2 nitrogen and oxygen atoms in total. The number of benzene rings is 1. The molecule has 0 aliphatic heterocycles. The van der Waals surface area contributed by atoms with Crippen LogP contribution in [0.1, 0.15) is 33.3 Å². The molecule has 1 N–H and O–H groups in total. The van der Waals surface area contributed by atoms with E-state index in [1.165, 1.54) is 0 Å². The van der Waals surface area contributed by atoms with E-state index < -0.39 is 5.97 Å². The summed E-state index contributed by atoms with van der Waals surface area (Å²) in [5.41, 5.74) is 0.843. The van der Waals surface area contributed by atoms with E-state index in [4.69, 9.17) is 5.11 Å². The molecule has 0 heterocycles. The van der Waals surface area contributed by atoms with Gasteiger partial charge in [0.15, 0.2) is 0 Å². The number of rotatable bonds is 2. The van der Waals surface area contributed by atoms with Crippen LogP contribution in [-0.4, -0.2) is 11.1 Å². The zero-order chi connectivity index (χ0) is 11.4. The fraction of sp³-hybridized carbons (Fsp3) is 0.385. The van der Waals surface area contributed by atoms with Gasteiger partial charge in [0.05, 0.1) is 6.42 Å². The molecule has 0 amide bonds. The Kier molecular flexibility index (Phi) is 31.4.